The van der Waals surface area contributed by atoms with Crippen LogP contribution in [0.4, 0.5) is 0 Å². The molecule has 1 atom stereocenters. The van der Waals surface area contributed by atoms with E-state index in [1.165, 1.54) is 103 Å². The fourth-order valence-electron chi connectivity index (χ4n) is 6.37. The Bertz CT molecular complexity index is 980. The molecule has 0 fully saturated rings. The van der Waals surface area contributed by atoms with Crippen molar-refractivity contribution < 1.29 is 28.6 Å². The van der Waals surface area contributed by atoms with E-state index in [0.29, 0.717) is 19.3 Å². The Labute approximate surface area is 339 Å². The Kier molecular flexibility index (Phi) is 42.0. The Morgan fingerprint density at radius 1 is 0.382 bits per heavy atom. The molecule has 6 nitrogen and oxygen atoms in total. The van der Waals surface area contributed by atoms with Gasteiger partial charge in [0, 0.05) is 19.3 Å². The summed E-state index contributed by atoms with van der Waals surface area (Å²) in [7, 11) is 0. The van der Waals surface area contributed by atoms with E-state index in [1.807, 2.05) is 0 Å². The SMILES string of the molecule is CC/C=C\C/C=C\C/C=C\C/C=C\CCCCC(=O)OC[C@@H](COC(=O)CCCCCCCCCCCCC)OC(=O)CCCCCCCCCCCCC. The number of hydrogen-bond acceptors (Lipinski definition) is 6. The van der Waals surface area contributed by atoms with Gasteiger partial charge in [-0.3, -0.25) is 14.4 Å². The molecule has 0 aliphatic rings. The van der Waals surface area contributed by atoms with Crippen LogP contribution in [0.5, 0.6) is 0 Å². The highest BCUT2D eigenvalue weighted by Gasteiger charge is 2.19. The summed E-state index contributed by atoms with van der Waals surface area (Å²) in [5, 5.41) is 0. The summed E-state index contributed by atoms with van der Waals surface area (Å²) in [6.45, 7) is 6.47. The summed E-state index contributed by atoms with van der Waals surface area (Å²) in [5.74, 6) is -0.926. The standard InChI is InChI=1S/C49H86O6/c1-4-7-10-13-16-19-22-23-24-25-28-30-33-36-39-42-48(51)54-45-46(55-49(52)43-40-37-34-31-27-21-18-15-12-9-6-3)44-53-47(50)41-38-35-32-29-26-20-17-14-11-8-5-2/h7,10,16,19,23-24,28,30,46H,4-6,8-9,11-15,17-18,20-22,25-27,29,31-45H2,1-3H3/b10-7-,19-16-,24-23-,30-28-/t46-/m1/s1. The Morgan fingerprint density at radius 2 is 0.709 bits per heavy atom. The summed E-state index contributed by atoms with van der Waals surface area (Å²) in [4.78, 5) is 37.7. The van der Waals surface area contributed by atoms with Gasteiger partial charge in [0.15, 0.2) is 6.10 Å². The zero-order valence-electron chi connectivity index (χ0n) is 36.2. The summed E-state index contributed by atoms with van der Waals surface area (Å²) < 4.78 is 16.7. The molecule has 0 spiro atoms. The van der Waals surface area contributed by atoms with Crippen LogP contribution in [-0.2, 0) is 28.6 Å². The highest BCUT2D eigenvalue weighted by atomic mass is 16.6. The first kappa shape index (κ1) is 52.4. The average molecular weight is 771 g/mol. The maximum absolute atomic E-state index is 12.7. The molecule has 0 saturated carbocycles. The number of hydrogen-bond donors (Lipinski definition) is 0. The number of unbranched alkanes of at least 4 members (excludes halogenated alkanes) is 22. The normalized spacial score (nSPS) is 12.4. The number of carbonyl (C=O) groups excluding carboxylic acids is 3. The molecule has 0 aliphatic carbocycles. The van der Waals surface area contributed by atoms with Crippen molar-refractivity contribution in [2.45, 2.75) is 232 Å². The van der Waals surface area contributed by atoms with Crippen molar-refractivity contribution in [2.24, 2.45) is 0 Å². The van der Waals surface area contributed by atoms with Crippen LogP contribution in [0.2, 0.25) is 0 Å². The van der Waals surface area contributed by atoms with Crippen LogP contribution in [0.15, 0.2) is 48.6 Å². The van der Waals surface area contributed by atoms with E-state index in [1.54, 1.807) is 0 Å². The fourth-order valence-corrected chi connectivity index (χ4v) is 6.37. The third-order valence-corrected chi connectivity index (χ3v) is 9.85. The monoisotopic (exact) mass is 771 g/mol. The van der Waals surface area contributed by atoms with E-state index < -0.39 is 6.10 Å². The minimum Gasteiger partial charge on any atom is -0.462 e. The van der Waals surface area contributed by atoms with E-state index in [9.17, 15) is 14.4 Å². The Hall–Kier alpha value is -2.63. The number of ether oxygens (including phenoxy) is 3. The molecular weight excluding hydrogens is 685 g/mol. The molecule has 0 radical (unpaired) electrons. The minimum atomic E-state index is -0.783. The van der Waals surface area contributed by atoms with Gasteiger partial charge in [-0.15, -0.1) is 0 Å². The smallest absolute Gasteiger partial charge is 0.306 e. The molecule has 55 heavy (non-hydrogen) atoms. The van der Waals surface area contributed by atoms with Gasteiger partial charge < -0.3 is 14.2 Å². The molecule has 0 N–H and O–H groups in total. The lowest BCUT2D eigenvalue weighted by molar-refractivity contribution is -0.167. The van der Waals surface area contributed by atoms with Gasteiger partial charge in [0.2, 0.25) is 0 Å². The highest BCUT2D eigenvalue weighted by Crippen LogP contribution is 2.14. The van der Waals surface area contributed by atoms with Gasteiger partial charge in [0.05, 0.1) is 0 Å². The Balaban J connectivity index is 4.42. The lowest BCUT2D eigenvalue weighted by Gasteiger charge is -2.18. The number of rotatable bonds is 41. The average Bonchev–Trinajstić information content (AvgIpc) is 3.18. The quantitative estimate of drug-likeness (QED) is 0.0267. The summed E-state index contributed by atoms with van der Waals surface area (Å²) >= 11 is 0. The fraction of sp³-hybridized carbons (Fsp3) is 0.776. The molecule has 0 bridgehead atoms. The molecule has 0 aromatic carbocycles. The van der Waals surface area contributed by atoms with Crippen molar-refractivity contribution in [3.8, 4) is 0 Å². The van der Waals surface area contributed by atoms with E-state index >= 15 is 0 Å². The highest BCUT2D eigenvalue weighted by molar-refractivity contribution is 5.71. The van der Waals surface area contributed by atoms with Crippen LogP contribution in [0.3, 0.4) is 0 Å². The molecule has 0 amide bonds. The number of esters is 3. The van der Waals surface area contributed by atoms with Crippen LogP contribution in [0.25, 0.3) is 0 Å². The molecule has 318 valence electrons. The van der Waals surface area contributed by atoms with Gasteiger partial charge in [-0.2, -0.15) is 0 Å². The second kappa shape index (κ2) is 44.1. The van der Waals surface area contributed by atoms with Crippen LogP contribution in [0.1, 0.15) is 226 Å². The maximum atomic E-state index is 12.7. The largest absolute Gasteiger partial charge is 0.462 e. The lowest BCUT2D eigenvalue weighted by atomic mass is 10.1. The predicted octanol–water partition coefficient (Wildman–Crippen LogP) is 14.8. The molecular formula is C49H86O6. The van der Waals surface area contributed by atoms with Crippen molar-refractivity contribution >= 4 is 17.9 Å². The molecule has 0 aliphatic heterocycles. The van der Waals surface area contributed by atoms with Gasteiger partial charge in [-0.25, -0.2) is 0 Å². The van der Waals surface area contributed by atoms with E-state index in [-0.39, 0.29) is 31.1 Å². The number of carbonyl (C=O) groups is 3. The van der Waals surface area contributed by atoms with Crippen LogP contribution >= 0.6 is 0 Å². The first-order chi connectivity index (χ1) is 27.0. The molecule has 0 saturated heterocycles. The van der Waals surface area contributed by atoms with Gasteiger partial charge in [0.1, 0.15) is 13.2 Å². The van der Waals surface area contributed by atoms with E-state index in [2.05, 4.69) is 69.4 Å². The van der Waals surface area contributed by atoms with Gasteiger partial charge in [-0.1, -0.05) is 198 Å². The van der Waals surface area contributed by atoms with Crippen molar-refractivity contribution in [3.63, 3.8) is 0 Å². The van der Waals surface area contributed by atoms with E-state index in [4.69, 9.17) is 14.2 Å². The second-order valence-corrected chi connectivity index (χ2v) is 15.3. The summed E-state index contributed by atoms with van der Waals surface area (Å²) in [6, 6.07) is 0. The molecule has 6 heteroatoms. The van der Waals surface area contributed by atoms with E-state index in [0.717, 1.165) is 83.5 Å². The summed E-state index contributed by atoms with van der Waals surface area (Å²) in [6.07, 6.45) is 50.9. The molecule has 0 rings (SSSR count). The van der Waals surface area contributed by atoms with Crippen LogP contribution in [-0.4, -0.2) is 37.2 Å². The minimum absolute atomic E-state index is 0.0834. The van der Waals surface area contributed by atoms with Gasteiger partial charge >= 0.3 is 17.9 Å². The predicted molar refractivity (Wildman–Crippen MR) is 233 cm³/mol. The van der Waals surface area contributed by atoms with Crippen molar-refractivity contribution in [1.29, 1.82) is 0 Å². The van der Waals surface area contributed by atoms with Gasteiger partial charge in [0.25, 0.3) is 0 Å². The Morgan fingerprint density at radius 3 is 1.11 bits per heavy atom. The first-order valence-corrected chi connectivity index (χ1v) is 23.1. The zero-order chi connectivity index (χ0) is 40.1. The van der Waals surface area contributed by atoms with Crippen LogP contribution < -0.4 is 0 Å². The summed E-state index contributed by atoms with van der Waals surface area (Å²) in [5.41, 5.74) is 0. The van der Waals surface area contributed by atoms with Crippen molar-refractivity contribution in [2.75, 3.05) is 13.2 Å². The topological polar surface area (TPSA) is 78.9 Å². The molecule has 0 unspecified atom stereocenters. The van der Waals surface area contributed by atoms with Crippen LogP contribution in [0, 0.1) is 0 Å². The maximum Gasteiger partial charge on any atom is 0.306 e. The molecule has 0 heterocycles. The van der Waals surface area contributed by atoms with Crippen molar-refractivity contribution in [3.05, 3.63) is 48.6 Å². The zero-order valence-corrected chi connectivity index (χ0v) is 36.2. The van der Waals surface area contributed by atoms with Crippen molar-refractivity contribution in [1.82, 2.24) is 0 Å². The third kappa shape index (κ3) is 42.4. The molecule has 0 aromatic rings. The van der Waals surface area contributed by atoms with Gasteiger partial charge in [-0.05, 0) is 57.8 Å². The lowest BCUT2D eigenvalue weighted by Crippen LogP contribution is -2.30. The second-order valence-electron chi connectivity index (χ2n) is 15.3. The molecule has 0 aromatic heterocycles. The third-order valence-electron chi connectivity index (χ3n) is 9.85. The number of allylic oxidation sites excluding steroid dienone is 8. The first-order valence-electron chi connectivity index (χ1n) is 23.1.